The molecule has 0 radical (unpaired) electrons. The highest BCUT2D eigenvalue weighted by molar-refractivity contribution is 6.29. The smallest absolute Gasteiger partial charge is 0.303 e. The van der Waals surface area contributed by atoms with Crippen LogP contribution in [0.2, 0.25) is 5.15 Å². The molecule has 3 heterocycles. The number of carbonyl (C=O) groups is 2. The minimum atomic E-state index is -0.828. The van der Waals surface area contributed by atoms with E-state index in [2.05, 4.69) is 27.8 Å². The summed E-state index contributed by atoms with van der Waals surface area (Å²) in [5.74, 6) is -0.745. The van der Waals surface area contributed by atoms with Crippen LogP contribution in [0.25, 0.3) is 10.9 Å². The van der Waals surface area contributed by atoms with Gasteiger partial charge in [-0.05, 0) is 41.5 Å². The van der Waals surface area contributed by atoms with Gasteiger partial charge in [-0.15, -0.1) is 0 Å². The number of halogens is 1. The Kier molecular flexibility index (Phi) is 6.24. The van der Waals surface area contributed by atoms with Crippen molar-refractivity contribution in [3.8, 4) is 0 Å². The van der Waals surface area contributed by atoms with Gasteiger partial charge in [0.15, 0.2) is 0 Å². The van der Waals surface area contributed by atoms with Crippen molar-refractivity contribution in [2.75, 3.05) is 6.54 Å². The van der Waals surface area contributed by atoms with E-state index in [1.165, 1.54) is 10.9 Å². The maximum Gasteiger partial charge on any atom is 0.303 e. The molecule has 0 unspecified atom stereocenters. The number of para-hydroxylation sites is 1. The SMILES string of the molecule is CC(C)(CCC(=O)N1CCc2c(n(Cc3ccc(Cl)nc3)c3ccccc23)C1)CC(=O)O. The summed E-state index contributed by atoms with van der Waals surface area (Å²) in [7, 11) is 0. The number of hydrogen-bond acceptors (Lipinski definition) is 3. The average Bonchev–Trinajstić information content (AvgIpc) is 3.06. The Bertz CT molecular complexity index is 1150. The van der Waals surface area contributed by atoms with Gasteiger partial charge in [0.25, 0.3) is 0 Å². The Balaban J connectivity index is 1.57. The highest BCUT2D eigenvalue weighted by Crippen LogP contribution is 2.33. The van der Waals surface area contributed by atoms with Crippen molar-refractivity contribution < 1.29 is 14.7 Å². The molecule has 3 aromatic rings. The second-order valence-corrected chi connectivity index (χ2v) is 9.70. The highest BCUT2D eigenvalue weighted by Gasteiger charge is 2.28. The van der Waals surface area contributed by atoms with E-state index in [1.807, 2.05) is 30.9 Å². The summed E-state index contributed by atoms with van der Waals surface area (Å²) in [6.07, 6.45) is 3.58. The first kappa shape index (κ1) is 22.3. The molecule has 0 saturated heterocycles. The third kappa shape index (κ3) is 4.80. The van der Waals surface area contributed by atoms with Crippen LogP contribution in [-0.4, -0.2) is 38.0 Å². The van der Waals surface area contributed by atoms with Gasteiger partial charge in [0.2, 0.25) is 5.91 Å². The fourth-order valence-corrected chi connectivity index (χ4v) is 4.68. The van der Waals surface area contributed by atoms with Crippen molar-refractivity contribution in [1.82, 2.24) is 14.5 Å². The summed E-state index contributed by atoms with van der Waals surface area (Å²) in [5.41, 5.74) is 4.27. The summed E-state index contributed by atoms with van der Waals surface area (Å²) in [5, 5.41) is 10.8. The molecular formula is C25H28ClN3O3. The number of hydrogen-bond donors (Lipinski definition) is 1. The molecule has 0 fully saturated rings. The molecule has 32 heavy (non-hydrogen) atoms. The fraction of sp³-hybridized carbons (Fsp3) is 0.400. The molecule has 1 aromatic carbocycles. The molecule has 1 amide bonds. The Morgan fingerprint density at radius 2 is 1.97 bits per heavy atom. The van der Waals surface area contributed by atoms with Gasteiger partial charge in [-0.25, -0.2) is 4.98 Å². The zero-order chi connectivity index (χ0) is 22.9. The molecule has 0 atom stereocenters. The zero-order valence-corrected chi connectivity index (χ0v) is 19.2. The molecule has 0 bridgehead atoms. The number of fused-ring (bicyclic) bond motifs is 3. The predicted octanol–water partition coefficient (Wildman–Crippen LogP) is 4.90. The third-order valence-corrected chi connectivity index (χ3v) is 6.52. The summed E-state index contributed by atoms with van der Waals surface area (Å²) in [6.45, 7) is 5.71. The van der Waals surface area contributed by atoms with Crippen LogP contribution >= 0.6 is 11.6 Å². The Labute approximate surface area is 192 Å². The van der Waals surface area contributed by atoms with Crippen LogP contribution in [0.3, 0.4) is 0 Å². The van der Waals surface area contributed by atoms with Crippen molar-refractivity contribution in [2.45, 2.75) is 52.6 Å². The lowest BCUT2D eigenvalue weighted by Gasteiger charge is -2.30. The first-order valence-corrected chi connectivity index (χ1v) is 11.3. The van der Waals surface area contributed by atoms with Crippen molar-refractivity contribution in [1.29, 1.82) is 0 Å². The largest absolute Gasteiger partial charge is 0.481 e. The van der Waals surface area contributed by atoms with Gasteiger partial charge in [0, 0.05) is 42.3 Å². The predicted molar refractivity (Wildman–Crippen MR) is 125 cm³/mol. The Morgan fingerprint density at radius 1 is 1.19 bits per heavy atom. The molecule has 168 valence electrons. The molecule has 0 aliphatic carbocycles. The summed E-state index contributed by atoms with van der Waals surface area (Å²) in [4.78, 5) is 30.2. The molecule has 6 nitrogen and oxygen atoms in total. The van der Waals surface area contributed by atoms with Crippen molar-refractivity contribution >= 4 is 34.4 Å². The van der Waals surface area contributed by atoms with E-state index < -0.39 is 11.4 Å². The van der Waals surface area contributed by atoms with Gasteiger partial charge in [-0.3, -0.25) is 9.59 Å². The summed E-state index contributed by atoms with van der Waals surface area (Å²) < 4.78 is 2.28. The van der Waals surface area contributed by atoms with E-state index in [-0.39, 0.29) is 12.3 Å². The van der Waals surface area contributed by atoms with Crippen LogP contribution in [0.1, 0.15) is 49.9 Å². The number of aliphatic carboxylic acids is 1. The number of carbonyl (C=O) groups excluding carboxylic acids is 1. The molecule has 4 rings (SSSR count). The van der Waals surface area contributed by atoms with E-state index in [9.17, 15) is 9.59 Å². The lowest BCUT2D eigenvalue weighted by molar-refractivity contribution is -0.140. The van der Waals surface area contributed by atoms with Gasteiger partial charge in [-0.1, -0.05) is 49.7 Å². The zero-order valence-electron chi connectivity index (χ0n) is 18.5. The number of carboxylic acid groups (broad SMARTS) is 1. The minimum absolute atomic E-state index is 0.0633. The third-order valence-electron chi connectivity index (χ3n) is 6.29. The van der Waals surface area contributed by atoms with E-state index in [0.29, 0.717) is 37.6 Å². The van der Waals surface area contributed by atoms with Gasteiger partial charge in [0.05, 0.1) is 13.0 Å². The van der Waals surface area contributed by atoms with Crippen LogP contribution in [0, 0.1) is 5.41 Å². The molecule has 0 spiro atoms. The topological polar surface area (TPSA) is 75.4 Å². The molecular weight excluding hydrogens is 426 g/mol. The quantitative estimate of drug-likeness (QED) is 0.516. The lowest BCUT2D eigenvalue weighted by atomic mass is 9.84. The normalized spacial score (nSPS) is 13.9. The number of pyridine rings is 1. The van der Waals surface area contributed by atoms with Crippen molar-refractivity contribution in [3.05, 3.63) is 64.6 Å². The Morgan fingerprint density at radius 3 is 2.69 bits per heavy atom. The Hall–Kier alpha value is -2.86. The van der Waals surface area contributed by atoms with Crippen LogP contribution < -0.4 is 0 Å². The maximum atomic E-state index is 13.0. The maximum absolute atomic E-state index is 13.0. The number of aromatic nitrogens is 2. The molecule has 1 aliphatic heterocycles. The summed E-state index contributed by atoms with van der Waals surface area (Å²) in [6, 6.07) is 12.1. The summed E-state index contributed by atoms with van der Waals surface area (Å²) >= 11 is 5.95. The first-order valence-electron chi connectivity index (χ1n) is 10.9. The molecule has 1 aliphatic rings. The highest BCUT2D eigenvalue weighted by atomic mass is 35.5. The van der Waals surface area contributed by atoms with Crippen LogP contribution in [0.5, 0.6) is 0 Å². The van der Waals surface area contributed by atoms with Crippen LogP contribution in [0.4, 0.5) is 0 Å². The fourth-order valence-electron chi connectivity index (χ4n) is 4.57. The number of amides is 1. The number of carboxylic acids is 1. The molecule has 0 saturated carbocycles. The molecule has 2 aromatic heterocycles. The number of rotatable bonds is 7. The van der Waals surface area contributed by atoms with E-state index in [1.54, 1.807) is 12.3 Å². The van der Waals surface area contributed by atoms with Crippen molar-refractivity contribution in [2.24, 2.45) is 5.41 Å². The van der Waals surface area contributed by atoms with Gasteiger partial charge in [-0.2, -0.15) is 0 Å². The van der Waals surface area contributed by atoms with Crippen LogP contribution in [-0.2, 0) is 29.1 Å². The first-order chi connectivity index (χ1) is 15.2. The lowest BCUT2D eigenvalue weighted by Crippen LogP contribution is -2.37. The van der Waals surface area contributed by atoms with E-state index in [0.717, 1.165) is 23.2 Å². The van der Waals surface area contributed by atoms with Gasteiger partial charge in [0.1, 0.15) is 5.15 Å². The van der Waals surface area contributed by atoms with Gasteiger partial charge < -0.3 is 14.6 Å². The number of benzene rings is 1. The average molecular weight is 454 g/mol. The molecule has 7 heteroatoms. The second-order valence-electron chi connectivity index (χ2n) is 9.32. The standard InChI is InChI=1S/C25H28ClN3O3/c1-25(2,13-24(31)32)11-9-23(30)28-12-10-19-18-5-3-4-6-20(18)29(21(19)16-28)15-17-7-8-22(26)27-14-17/h3-8,14H,9-13,15-16H2,1-2H3,(H,31,32). The number of nitrogens with zero attached hydrogens (tertiary/aromatic N) is 3. The minimum Gasteiger partial charge on any atom is -0.481 e. The second kappa shape index (κ2) is 8.94. The van der Waals surface area contributed by atoms with E-state index in [4.69, 9.17) is 16.7 Å². The van der Waals surface area contributed by atoms with Crippen LogP contribution in [0.15, 0.2) is 42.6 Å². The van der Waals surface area contributed by atoms with E-state index >= 15 is 0 Å². The van der Waals surface area contributed by atoms with Gasteiger partial charge >= 0.3 is 5.97 Å². The monoisotopic (exact) mass is 453 g/mol. The van der Waals surface area contributed by atoms with Crippen molar-refractivity contribution in [3.63, 3.8) is 0 Å². The molecule has 1 N–H and O–H groups in total.